The van der Waals surface area contributed by atoms with Crippen LogP contribution in [0.2, 0.25) is 0 Å². The van der Waals surface area contributed by atoms with Crippen LogP contribution < -0.4 is 10.1 Å². The molecule has 2 aliphatic heterocycles. The van der Waals surface area contributed by atoms with Gasteiger partial charge >= 0.3 is 0 Å². The summed E-state index contributed by atoms with van der Waals surface area (Å²) in [5.74, 6) is 0.717. The minimum atomic E-state index is -0.607. The second-order valence-electron chi connectivity index (χ2n) is 5.75. The summed E-state index contributed by atoms with van der Waals surface area (Å²) in [6.07, 6.45) is 1.78. The average molecular weight is 319 g/mol. The van der Waals surface area contributed by atoms with Crippen molar-refractivity contribution in [3.8, 4) is 5.75 Å². The Morgan fingerprint density at radius 2 is 2.36 bits per heavy atom. The van der Waals surface area contributed by atoms with Crippen LogP contribution in [0.4, 0.5) is 5.69 Å². The van der Waals surface area contributed by atoms with E-state index in [1.54, 1.807) is 18.2 Å². The Balaban J connectivity index is 2.11. The zero-order chi connectivity index (χ0) is 16.1. The van der Waals surface area contributed by atoms with Gasteiger partial charge in [0.2, 0.25) is 0 Å². The zero-order valence-corrected chi connectivity index (χ0v) is 13.2. The second-order valence-corrected chi connectivity index (χ2v) is 6.14. The fourth-order valence-corrected chi connectivity index (χ4v) is 3.57. The van der Waals surface area contributed by atoms with Gasteiger partial charge < -0.3 is 15.0 Å². The third-order valence-corrected chi connectivity index (χ3v) is 4.91. The number of rotatable bonds is 3. The van der Waals surface area contributed by atoms with Gasteiger partial charge in [-0.15, -0.1) is 6.58 Å². The van der Waals surface area contributed by atoms with Crippen LogP contribution in [0.5, 0.6) is 5.75 Å². The van der Waals surface area contributed by atoms with E-state index in [-0.39, 0.29) is 17.6 Å². The molecule has 1 aromatic carbocycles. The molecule has 0 aliphatic carbocycles. The Morgan fingerprint density at radius 3 is 3.00 bits per heavy atom. The van der Waals surface area contributed by atoms with E-state index in [0.717, 1.165) is 5.56 Å². The van der Waals surface area contributed by atoms with Gasteiger partial charge in [-0.25, -0.2) is 0 Å². The van der Waals surface area contributed by atoms with E-state index >= 15 is 0 Å². The first kappa shape index (κ1) is 14.8. The molecule has 2 bridgehead atoms. The fourth-order valence-electron chi connectivity index (χ4n) is 3.19. The normalized spacial score (nSPS) is 29.2. The lowest BCUT2D eigenvalue weighted by molar-refractivity contribution is -0.385. The van der Waals surface area contributed by atoms with Gasteiger partial charge in [-0.2, -0.15) is 0 Å². The lowest BCUT2D eigenvalue weighted by Gasteiger charge is -2.55. The number of hydrogen-bond acceptors (Lipinski definition) is 4. The van der Waals surface area contributed by atoms with Crippen LogP contribution in [0.25, 0.3) is 0 Å². The Bertz CT molecular complexity index is 678. The van der Waals surface area contributed by atoms with E-state index in [1.165, 1.54) is 6.07 Å². The molecule has 7 heteroatoms. The summed E-state index contributed by atoms with van der Waals surface area (Å²) >= 11 is 5.44. The number of ether oxygens (including phenoxy) is 1. The highest BCUT2D eigenvalue weighted by atomic mass is 32.1. The quantitative estimate of drug-likeness (QED) is 0.400. The fraction of sp³-hybridized carbons (Fsp3) is 0.400. The maximum atomic E-state index is 11.0. The number of nitro groups is 1. The molecule has 0 aromatic heterocycles. The van der Waals surface area contributed by atoms with Crippen molar-refractivity contribution in [2.75, 3.05) is 6.54 Å². The molecule has 1 N–H and O–H groups in total. The maximum absolute atomic E-state index is 11.0. The Kier molecular flexibility index (Phi) is 3.32. The number of nitrogens with zero attached hydrogens (tertiary/aromatic N) is 2. The van der Waals surface area contributed by atoms with Crippen molar-refractivity contribution >= 4 is 23.0 Å². The second kappa shape index (κ2) is 4.95. The van der Waals surface area contributed by atoms with Gasteiger partial charge in [-0.3, -0.25) is 10.1 Å². The number of hydrogen-bond donors (Lipinski definition) is 1. The van der Waals surface area contributed by atoms with Crippen LogP contribution in [0, 0.1) is 16.0 Å². The van der Waals surface area contributed by atoms with Gasteiger partial charge in [0, 0.05) is 30.2 Å². The van der Waals surface area contributed by atoms with Gasteiger partial charge in [0.05, 0.1) is 11.0 Å². The lowest BCUT2D eigenvalue weighted by Crippen LogP contribution is -2.68. The summed E-state index contributed by atoms with van der Waals surface area (Å²) in [5, 5.41) is 14.9. The predicted octanol–water partition coefficient (Wildman–Crippen LogP) is 2.76. The third-order valence-electron chi connectivity index (χ3n) is 4.57. The molecule has 1 aromatic rings. The molecule has 0 amide bonds. The Morgan fingerprint density at radius 1 is 1.64 bits per heavy atom. The zero-order valence-electron chi connectivity index (χ0n) is 12.4. The van der Waals surface area contributed by atoms with Gasteiger partial charge in [-0.05, 0) is 25.2 Å². The number of benzene rings is 1. The summed E-state index contributed by atoms with van der Waals surface area (Å²) in [6, 6.07) is 4.58. The van der Waals surface area contributed by atoms with Crippen molar-refractivity contribution in [2.45, 2.75) is 25.6 Å². The molecule has 2 heterocycles. The molecular weight excluding hydrogens is 302 g/mol. The largest absolute Gasteiger partial charge is 0.467 e. The molecule has 1 saturated heterocycles. The molecule has 0 unspecified atom stereocenters. The predicted molar refractivity (Wildman–Crippen MR) is 86.7 cm³/mol. The van der Waals surface area contributed by atoms with Crippen molar-refractivity contribution < 1.29 is 9.66 Å². The summed E-state index contributed by atoms with van der Waals surface area (Å²) in [6.45, 7) is 8.38. The van der Waals surface area contributed by atoms with Crippen LogP contribution in [-0.2, 0) is 0 Å². The molecule has 1 fully saturated rings. The average Bonchev–Trinajstić information content (AvgIpc) is 2.47. The molecule has 22 heavy (non-hydrogen) atoms. The summed E-state index contributed by atoms with van der Waals surface area (Å²) in [7, 11) is 0. The lowest BCUT2D eigenvalue weighted by atomic mass is 9.81. The van der Waals surface area contributed by atoms with Gasteiger partial charge in [0.1, 0.15) is 5.75 Å². The minimum absolute atomic E-state index is 0.0550. The maximum Gasteiger partial charge on any atom is 0.270 e. The number of nitro benzene ring substituents is 1. The molecule has 3 atom stereocenters. The molecule has 116 valence electrons. The number of thiocarbonyl (C=S) groups is 1. The summed E-state index contributed by atoms with van der Waals surface area (Å²) in [4.78, 5) is 12.6. The van der Waals surface area contributed by atoms with Crippen LogP contribution in [0.15, 0.2) is 30.9 Å². The number of nitrogens with one attached hydrogen (secondary N) is 1. The molecule has 0 saturated carbocycles. The number of non-ortho nitro benzene ring substituents is 1. The Hall–Kier alpha value is -2.15. The van der Waals surface area contributed by atoms with Gasteiger partial charge in [0.15, 0.2) is 10.8 Å². The van der Waals surface area contributed by atoms with Crippen molar-refractivity contribution in [1.29, 1.82) is 0 Å². The highest BCUT2D eigenvalue weighted by Crippen LogP contribution is 2.48. The third kappa shape index (κ3) is 1.96. The topological polar surface area (TPSA) is 67.6 Å². The van der Waals surface area contributed by atoms with Crippen LogP contribution in [0.1, 0.15) is 25.5 Å². The number of fused-ring (bicyclic) bond motifs is 4. The molecular formula is C15H17N3O3S. The van der Waals surface area contributed by atoms with E-state index in [9.17, 15) is 10.1 Å². The van der Waals surface area contributed by atoms with Crippen LogP contribution >= 0.6 is 12.2 Å². The Labute approximate surface area is 133 Å². The molecule has 0 radical (unpaired) electrons. The van der Waals surface area contributed by atoms with E-state index in [0.29, 0.717) is 17.4 Å². The van der Waals surface area contributed by atoms with E-state index in [4.69, 9.17) is 17.0 Å². The van der Waals surface area contributed by atoms with E-state index < -0.39 is 10.6 Å². The first-order valence-corrected chi connectivity index (χ1v) is 7.45. The minimum Gasteiger partial charge on any atom is -0.467 e. The van der Waals surface area contributed by atoms with Gasteiger partial charge in [0.25, 0.3) is 5.69 Å². The van der Waals surface area contributed by atoms with Crippen molar-refractivity contribution in [1.82, 2.24) is 10.2 Å². The molecule has 0 spiro atoms. The first-order valence-electron chi connectivity index (χ1n) is 7.05. The SMILES string of the molecule is C=CCN1C(=S)N[C@H]2c3cc([N+](=O)[O-])ccc3O[C@@]1(C)[C@@H]2C. The molecule has 3 rings (SSSR count). The van der Waals surface area contributed by atoms with Crippen molar-refractivity contribution in [2.24, 2.45) is 5.92 Å². The van der Waals surface area contributed by atoms with E-state index in [2.05, 4.69) is 18.8 Å². The van der Waals surface area contributed by atoms with Crippen LogP contribution in [-0.4, -0.2) is 27.2 Å². The highest BCUT2D eigenvalue weighted by molar-refractivity contribution is 7.80. The standard InChI is InChI=1S/C15H17N3O3S/c1-4-7-17-14(22)16-13-9(2)15(17,3)21-12-6-5-10(18(19)20)8-11(12)13/h4-6,8-9,13H,1,7H2,2-3H3,(H,16,22)/t9-,13-,15+/m1/s1. The monoisotopic (exact) mass is 319 g/mol. The molecule has 6 nitrogen and oxygen atoms in total. The van der Waals surface area contributed by atoms with Gasteiger partial charge in [-0.1, -0.05) is 13.0 Å². The van der Waals surface area contributed by atoms with E-state index in [1.807, 2.05) is 11.8 Å². The summed E-state index contributed by atoms with van der Waals surface area (Å²) in [5.41, 5.74) is 0.226. The highest BCUT2D eigenvalue weighted by Gasteiger charge is 2.53. The first-order chi connectivity index (χ1) is 10.4. The van der Waals surface area contributed by atoms with Crippen LogP contribution in [0.3, 0.4) is 0 Å². The molecule has 2 aliphatic rings. The van der Waals surface area contributed by atoms with Crippen molar-refractivity contribution in [3.63, 3.8) is 0 Å². The smallest absolute Gasteiger partial charge is 0.270 e. The van der Waals surface area contributed by atoms with Crippen molar-refractivity contribution in [3.05, 3.63) is 46.5 Å². The summed E-state index contributed by atoms with van der Waals surface area (Å²) < 4.78 is 6.20.